The van der Waals surface area contributed by atoms with Gasteiger partial charge in [-0.25, -0.2) is 4.99 Å². The number of halogens is 2. The minimum atomic E-state index is -0.581. The molecule has 5 heteroatoms. The van der Waals surface area contributed by atoms with Gasteiger partial charge in [-0.3, -0.25) is 9.69 Å². The highest BCUT2D eigenvalue weighted by Crippen LogP contribution is 2.15. The van der Waals surface area contributed by atoms with Crippen LogP contribution < -0.4 is 0 Å². The molecule has 0 aromatic heterocycles. The number of carbonyl (C=O) groups excluding carboxylic acids is 1. The van der Waals surface area contributed by atoms with Crippen LogP contribution in [0.5, 0.6) is 0 Å². The van der Waals surface area contributed by atoms with Crippen LogP contribution in [0.3, 0.4) is 0 Å². The van der Waals surface area contributed by atoms with Gasteiger partial charge in [-0.2, -0.15) is 0 Å². The maximum Gasteiger partial charge on any atom is 0.321 e. The van der Waals surface area contributed by atoms with Gasteiger partial charge >= 0.3 is 5.37 Å². The molecule has 0 unspecified atom stereocenters. The summed E-state index contributed by atoms with van der Waals surface area (Å²) in [5.74, 6) is 0. The lowest BCUT2D eigenvalue weighted by Gasteiger charge is -2.04. The second-order valence-corrected chi connectivity index (χ2v) is 3.34. The molecule has 0 spiro atoms. The molecular weight excluding hydrogens is 223 g/mol. The Labute approximate surface area is 91.9 Å². The van der Waals surface area contributed by atoms with E-state index in [4.69, 9.17) is 23.2 Å². The molecule has 0 saturated heterocycles. The normalized spacial score (nSPS) is 10.5. The average molecular weight is 231 g/mol. The molecule has 0 aliphatic rings. The first-order valence-corrected chi connectivity index (χ1v) is 4.57. The maximum absolute atomic E-state index is 10.6. The Kier molecular flexibility index (Phi) is 3.92. The van der Waals surface area contributed by atoms with Crippen LogP contribution in [0.4, 0.5) is 10.5 Å². The largest absolute Gasteiger partial charge is 0.321 e. The van der Waals surface area contributed by atoms with Crippen molar-refractivity contribution in [2.75, 3.05) is 7.05 Å². The summed E-state index contributed by atoms with van der Waals surface area (Å²) in [5.41, 5.74) is 0.708. The van der Waals surface area contributed by atoms with Crippen molar-refractivity contribution in [3.63, 3.8) is 0 Å². The molecule has 0 saturated carbocycles. The monoisotopic (exact) mass is 230 g/mol. The SMILES string of the molecule is CN(C=Nc1ccc(Cl)cc1)C(=O)Cl. The van der Waals surface area contributed by atoms with Crippen molar-refractivity contribution in [1.82, 2.24) is 4.90 Å². The Morgan fingerprint density at radius 1 is 1.43 bits per heavy atom. The van der Waals surface area contributed by atoms with E-state index < -0.39 is 5.37 Å². The van der Waals surface area contributed by atoms with Crippen LogP contribution in [0, 0.1) is 0 Å². The van der Waals surface area contributed by atoms with Gasteiger partial charge in [0, 0.05) is 12.1 Å². The summed E-state index contributed by atoms with van der Waals surface area (Å²) in [7, 11) is 1.52. The predicted octanol–water partition coefficient (Wildman–Crippen LogP) is 3.29. The third-order valence-corrected chi connectivity index (χ3v) is 2.00. The summed E-state index contributed by atoms with van der Waals surface area (Å²) in [6.07, 6.45) is 1.35. The van der Waals surface area contributed by atoms with Crippen LogP contribution in [0.25, 0.3) is 0 Å². The Morgan fingerprint density at radius 3 is 2.50 bits per heavy atom. The molecule has 1 amide bonds. The van der Waals surface area contributed by atoms with Crippen LogP contribution >= 0.6 is 23.2 Å². The van der Waals surface area contributed by atoms with Gasteiger partial charge in [0.15, 0.2) is 0 Å². The van der Waals surface area contributed by atoms with Gasteiger partial charge in [0.2, 0.25) is 0 Å². The molecule has 0 aliphatic carbocycles. The molecule has 0 N–H and O–H groups in total. The predicted molar refractivity (Wildman–Crippen MR) is 58.6 cm³/mol. The molecular formula is C9H8Cl2N2O. The van der Waals surface area contributed by atoms with Crippen LogP contribution in [-0.4, -0.2) is 23.7 Å². The molecule has 1 aromatic rings. The van der Waals surface area contributed by atoms with Gasteiger partial charge in [-0.05, 0) is 35.9 Å². The minimum Gasteiger partial charge on any atom is -0.292 e. The summed E-state index contributed by atoms with van der Waals surface area (Å²) < 4.78 is 0. The number of aliphatic imine (C=N–C) groups is 1. The molecule has 14 heavy (non-hydrogen) atoms. The van der Waals surface area contributed by atoms with Crippen LogP contribution in [0.15, 0.2) is 29.3 Å². The average Bonchev–Trinajstić information content (AvgIpc) is 2.16. The van der Waals surface area contributed by atoms with Crippen molar-refractivity contribution in [3.05, 3.63) is 29.3 Å². The van der Waals surface area contributed by atoms with E-state index in [1.54, 1.807) is 24.3 Å². The lowest BCUT2D eigenvalue weighted by Crippen LogP contribution is -2.17. The molecule has 3 nitrogen and oxygen atoms in total. The highest BCUT2D eigenvalue weighted by atomic mass is 35.5. The van der Waals surface area contributed by atoms with E-state index in [2.05, 4.69) is 4.99 Å². The number of carbonyl (C=O) groups is 1. The zero-order valence-electron chi connectivity index (χ0n) is 7.45. The first kappa shape index (κ1) is 11.0. The Balaban J connectivity index is 2.69. The quantitative estimate of drug-likeness (QED) is 0.332. The summed E-state index contributed by atoms with van der Waals surface area (Å²) in [4.78, 5) is 15.8. The smallest absolute Gasteiger partial charge is 0.292 e. The fraction of sp³-hybridized carbons (Fsp3) is 0.111. The number of hydrogen-bond acceptors (Lipinski definition) is 2. The van der Waals surface area contributed by atoms with Crippen molar-refractivity contribution in [3.8, 4) is 0 Å². The molecule has 0 atom stereocenters. The number of hydrogen-bond donors (Lipinski definition) is 0. The molecule has 74 valence electrons. The topological polar surface area (TPSA) is 32.7 Å². The minimum absolute atomic E-state index is 0.581. The Hall–Kier alpha value is -1.06. The second kappa shape index (κ2) is 4.98. The standard InChI is InChI=1S/C9H8Cl2N2O/c1-13(9(11)14)6-12-8-4-2-7(10)3-5-8/h2-6H,1H3. The molecule has 0 aliphatic heterocycles. The first-order chi connectivity index (χ1) is 6.59. The fourth-order valence-corrected chi connectivity index (χ4v) is 0.895. The van der Waals surface area contributed by atoms with Crippen molar-refractivity contribution in [2.24, 2.45) is 4.99 Å². The highest BCUT2D eigenvalue weighted by Gasteiger charge is 1.98. The molecule has 0 fully saturated rings. The second-order valence-electron chi connectivity index (χ2n) is 2.58. The zero-order chi connectivity index (χ0) is 10.6. The van der Waals surface area contributed by atoms with Gasteiger partial charge in [-0.15, -0.1) is 0 Å². The summed E-state index contributed by atoms with van der Waals surface area (Å²) in [5, 5.41) is 0.0634. The van der Waals surface area contributed by atoms with E-state index in [-0.39, 0.29) is 0 Å². The summed E-state index contributed by atoms with van der Waals surface area (Å²) >= 11 is 10.9. The van der Waals surface area contributed by atoms with E-state index in [1.807, 2.05) is 0 Å². The van der Waals surface area contributed by atoms with Crippen LogP contribution in [0.1, 0.15) is 0 Å². The van der Waals surface area contributed by atoms with Crippen molar-refractivity contribution in [1.29, 1.82) is 0 Å². The summed E-state index contributed by atoms with van der Waals surface area (Å²) in [6, 6.07) is 6.92. The number of rotatable bonds is 2. The molecule has 0 bridgehead atoms. The van der Waals surface area contributed by atoms with E-state index in [0.717, 1.165) is 0 Å². The van der Waals surface area contributed by atoms with Gasteiger partial charge in [-0.1, -0.05) is 11.6 Å². The van der Waals surface area contributed by atoms with Crippen LogP contribution in [0.2, 0.25) is 5.02 Å². The lowest BCUT2D eigenvalue weighted by molar-refractivity contribution is 0.248. The maximum atomic E-state index is 10.6. The van der Waals surface area contributed by atoms with E-state index in [1.165, 1.54) is 18.3 Å². The zero-order valence-corrected chi connectivity index (χ0v) is 8.96. The van der Waals surface area contributed by atoms with Gasteiger partial charge in [0.1, 0.15) is 0 Å². The van der Waals surface area contributed by atoms with Gasteiger partial charge in [0.25, 0.3) is 0 Å². The third-order valence-electron chi connectivity index (χ3n) is 1.48. The van der Waals surface area contributed by atoms with E-state index in [9.17, 15) is 4.79 Å². The van der Waals surface area contributed by atoms with E-state index >= 15 is 0 Å². The fourth-order valence-electron chi connectivity index (χ4n) is 0.726. The number of benzene rings is 1. The first-order valence-electron chi connectivity index (χ1n) is 3.81. The molecule has 0 radical (unpaired) electrons. The molecule has 0 heterocycles. The Bertz CT molecular complexity index is 348. The molecule has 1 rings (SSSR count). The van der Waals surface area contributed by atoms with Crippen LogP contribution in [-0.2, 0) is 0 Å². The summed E-state index contributed by atoms with van der Waals surface area (Å²) in [6.45, 7) is 0. The van der Waals surface area contributed by atoms with Gasteiger partial charge in [0.05, 0.1) is 12.0 Å². The molecule has 1 aromatic carbocycles. The number of nitrogens with zero attached hydrogens (tertiary/aromatic N) is 2. The van der Waals surface area contributed by atoms with Gasteiger partial charge < -0.3 is 0 Å². The van der Waals surface area contributed by atoms with Crippen molar-refractivity contribution < 1.29 is 4.79 Å². The lowest BCUT2D eigenvalue weighted by atomic mass is 10.3. The van der Waals surface area contributed by atoms with E-state index in [0.29, 0.717) is 10.7 Å². The highest BCUT2D eigenvalue weighted by molar-refractivity contribution is 6.63. The van der Waals surface area contributed by atoms with Crippen molar-refractivity contribution in [2.45, 2.75) is 0 Å². The third kappa shape index (κ3) is 3.36. The Morgan fingerprint density at radius 2 is 2.00 bits per heavy atom. The number of amides is 1. The van der Waals surface area contributed by atoms with Crippen molar-refractivity contribution >= 4 is 40.6 Å².